The summed E-state index contributed by atoms with van der Waals surface area (Å²) in [5.41, 5.74) is 2.51. The number of nitrogens with zero attached hydrogens (tertiary/aromatic N) is 2. The first kappa shape index (κ1) is 23.1. The number of fused-ring (bicyclic) bond motifs is 1. The molecule has 8 heteroatoms. The largest absolute Gasteiger partial charge is 0.497 e. The third-order valence-corrected chi connectivity index (χ3v) is 7.72. The molecule has 0 N–H and O–H groups in total. The molecule has 2 heterocycles. The van der Waals surface area contributed by atoms with Crippen LogP contribution >= 0.6 is 34.5 Å². The van der Waals surface area contributed by atoms with Crippen LogP contribution in [0.15, 0.2) is 63.5 Å². The van der Waals surface area contributed by atoms with E-state index in [-0.39, 0.29) is 16.8 Å². The maximum Gasteiger partial charge on any atom is 0.271 e. The average molecular weight is 513 g/mol. The quantitative estimate of drug-likeness (QED) is 0.500. The molecule has 0 saturated carbocycles. The molecule has 1 aliphatic carbocycles. The number of aromatic nitrogens is 1. The molecule has 1 unspecified atom stereocenters. The van der Waals surface area contributed by atoms with E-state index in [2.05, 4.69) is 13.8 Å². The van der Waals surface area contributed by atoms with Crippen LogP contribution in [0.1, 0.15) is 43.9 Å². The summed E-state index contributed by atoms with van der Waals surface area (Å²) in [7, 11) is 1.60. The van der Waals surface area contributed by atoms with Gasteiger partial charge in [0.15, 0.2) is 10.6 Å². The average Bonchev–Trinajstić information content (AvgIpc) is 3.08. The zero-order valence-corrected chi connectivity index (χ0v) is 21.2. The van der Waals surface area contributed by atoms with Gasteiger partial charge in [0, 0.05) is 22.0 Å². The molecule has 0 radical (unpaired) electrons. The third-order valence-electron chi connectivity index (χ3n) is 6.18. The van der Waals surface area contributed by atoms with E-state index in [1.165, 1.54) is 11.3 Å². The molecular weight excluding hydrogens is 491 g/mol. The molecule has 2 aliphatic rings. The molecule has 5 nitrogen and oxygen atoms in total. The molecule has 1 aromatic heterocycles. The fourth-order valence-corrected chi connectivity index (χ4v) is 6.08. The summed E-state index contributed by atoms with van der Waals surface area (Å²) in [5, 5.41) is 0.984. The number of carbonyl (C=O) groups is 1. The smallest absolute Gasteiger partial charge is 0.271 e. The number of rotatable bonds is 3. The fraction of sp³-hybridized carbons (Fsp3) is 0.269. The molecular formula is C26H22Cl2N2O3S. The van der Waals surface area contributed by atoms with E-state index in [4.69, 9.17) is 32.9 Å². The molecule has 2 aromatic carbocycles. The molecule has 0 amide bonds. The Morgan fingerprint density at radius 3 is 2.53 bits per heavy atom. The highest BCUT2D eigenvalue weighted by Gasteiger charge is 2.40. The maximum atomic E-state index is 13.7. The van der Waals surface area contributed by atoms with Crippen molar-refractivity contribution in [3.8, 4) is 5.75 Å². The lowest BCUT2D eigenvalue weighted by molar-refractivity contribution is -0.118. The van der Waals surface area contributed by atoms with Crippen molar-refractivity contribution in [1.29, 1.82) is 0 Å². The Labute approximate surface area is 210 Å². The number of ketones is 1. The van der Waals surface area contributed by atoms with Gasteiger partial charge in [-0.1, -0.05) is 66.6 Å². The van der Waals surface area contributed by atoms with Crippen molar-refractivity contribution < 1.29 is 9.53 Å². The van der Waals surface area contributed by atoms with Crippen LogP contribution in [0.25, 0.3) is 6.08 Å². The molecule has 174 valence electrons. The highest BCUT2D eigenvalue weighted by atomic mass is 35.5. The maximum absolute atomic E-state index is 13.7. The normalized spacial score (nSPS) is 19.5. The lowest BCUT2D eigenvalue weighted by atomic mass is 9.73. The predicted molar refractivity (Wildman–Crippen MR) is 136 cm³/mol. The number of carbonyl (C=O) groups excluding carboxylic acids is 1. The summed E-state index contributed by atoms with van der Waals surface area (Å²) in [6.07, 6.45) is 2.85. The van der Waals surface area contributed by atoms with Crippen LogP contribution in [0.5, 0.6) is 5.75 Å². The van der Waals surface area contributed by atoms with Crippen LogP contribution in [0.3, 0.4) is 0 Å². The van der Waals surface area contributed by atoms with Crippen LogP contribution < -0.4 is 19.6 Å². The Kier molecular flexibility index (Phi) is 5.79. The molecule has 34 heavy (non-hydrogen) atoms. The van der Waals surface area contributed by atoms with Gasteiger partial charge in [-0.3, -0.25) is 14.2 Å². The summed E-state index contributed by atoms with van der Waals surface area (Å²) < 4.78 is 7.43. The van der Waals surface area contributed by atoms with E-state index >= 15 is 0 Å². The molecule has 3 aromatic rings. The first-order chi connectivity index (χ1) is 16.2. The first-order valence-electron chi connectivity index (χ1n) is 10.8. The van der Waals surface area contributed by atoms with Crippen molar-refractivity contribution in [2.45, 2.75) is 32.7 Å². The zero-order chi connectivity index (χ0) is 24.2. The van der Waals surface area contributed by atoms with Crippen molar-refractivity contribution in [2.24, 2.45) is 10.4 Å². The van der Waals surface area contributed by atoms with Crippen LogP contribution in [-0.2, 0) is 4.79 Å². The minimum absolute atomic E-state index is 0.0332. The van der Waals surface area contributed by atoms with E-state index in [1.54, 1.807) is 36.0 Å². The van der Waals surface area contributed by atoms with Gasteiger partial charge in [0.1, 0.15) is 5.75 Å². The minimum Gasteiger partial charge on any atom is -0.497 e. The summed E-state index contributed by atoms with van der Waals surface area (Å²) in [5.74, 6) is 0.740. The van der Waals surface area contributed by atoms with Gasteiger partial charge < -0.3 is 4.74 Å². The predicted octanol–water partition coefficient (Wildman–Crippen LogP) is 4.92. The highest BCUT2D eigenvalue weighted by molar-refractivity contribution is 7.07. The zero-order valence-electron chi connectivity index (χ0n) is 18.9. The summed E-state index contributed by atoms with van der Waals surface area (Å²) in [6.45, 7) is 4.15. The number of hydrogen-bond donors (Lipinski definition) is 0. The van der Waals surface area contributed by atoms with Crippen molar-refractivity contribution in [3.63, 3.8) is 0 Å². The Morgan fingerprint density at radius 2 is 1.85 bits per heavy atom. The Balaban J connectivity index is 1.76. The standard InChI is InChI=1S/C26H22Cl2N2O3S/c1-26(2)12-19-22(20(31)13-26)23(14-5-8-17(33-3)9-6-14)30-24(32)21(34-25(30)29-19)10-15-4-7-16(27)11-18(15)28/h4-11,23H,12-13H2,1-3H3. The summed E-state index contributed by atoms with van der Waals surface area (Å²) >= 11 is 13.7. The van der Waals surface area contributed by atoms with Gasteiger partial charge in [-0.15, -0.1) is 0 Å². The van der Waals surface area contributed by atoms with Gasteiger partial charge in [0.05, 0.1) is 23.4 Å². The number of thiazole rings is 1. The first-order valence-corrected chi connectivity index (χ1v) is 12.4. The number of halogens is 2. The van der Waals surface area contributed by atoms with E-state index in [1.807, 2.05) is 24.3 Å². The Bertz CT molecular complexity index is 1530. The number of allylic oxidation sites excluding steroid dienone is 2. The molecule has 5 rings (SSSR count). The van der Waals surface area contributed by atoms with Crippen molar-refractivity contribution in [1.82, 2.24) is 4.57 Å². The molecule has 1 aliphatic heterocycles. The second-order valence-electron chi connectivity index (χ2n) is 9.32. The Morgan fingerprint density at radius 1 is 1.12 bits per heavy atom. The Hall–Kier alpha value is -2.67. The molecule has 0 fully saturated rings. The number of methoxy groups -OCH3 is 1. The number of hydrogen-bond acceptors (Lipinski definition) is 5. The van der Waals surface area contributed by atoms with E-state index < -0.39 is 6.04 Å². The van der Waals surface area contributed by atoms with Gasteiger partial charge in [-0.05, 0) is 53.3 Å². The van der Waals surface area contributed by atoms with Crippen LogP contribution in [0.2, 0.25) is 10.0 Å². The number of Topliss-reactive ketones (excluding diaryl/α,β-unsaturated/α-hetero) is 1. The van der Waals surface area contributed by atoms with Crippen LogP contribution in [0, 0.1) is 5.41 Å². The molecule has 0 saturated heterocycles. The molecule has 1 atom stereocenters. The second-order valence-corrected chi connectivity index (χ2v) is 11.2. The monoisotopic (exact) mass is 512 g/mol. The van der Waals surface area contributed by atoms with Crippen molar-refractivity contribution in [3.05, 3.63) is 94.6 Å². The summed E-state index contributed by atoms with van der Waals surface area (Å²) in [4.78, 5) is 32.4. The highest BCUT2D eigenvalue weighted by Crippen LogP contribution is 2.43. The number of ether oxygens (including phenoxy) is 1. The van der Waals surface area contributed by atoms with Gasteiger partial charge in [0.2, 0.25) is 0 Å². The van der Waals surface area contributed by atoms with E-state index in [0.717, 1.165) is 11.3 Å². The van der Waals surface area contributed by atoms with E-state index in [9.17, 15) is 9.59 Å². The topological polar surface area (TPSA) is 60.7 Å². The van der Waals surface area contributed by atoms with Gasteiger partial charge in [-0.2, -0.15) is 0 Å². The van der Waals surface area contributed by atoms with Gasteiger partial charge in [-0.25, -0.2) is 4.99 Å². The molecule has 0 bridgehead atoms. The lowest BCUT2D eigenvalue weighted by Crippen LogP contribution is -2.42. The van der Waals surface area contributed by atoms with Gasteiger partial charge >= 0.3 is 0 Å². The van der Waals surface area contributed by atoms with Crippen LogP contribution in [-0.4, -0.2) is 17.5 Å². The van der Waals surface area contributed by atoms with Crippen molar-refractivity contribution in [2.75, 3.05) is 7.11 Å². The van der Waals surface area contributed by atoms with E-state index in [0.29, 0.717) is 49.1 Å². The molecule has 0 spiro atoms. The minimum atomic E-state index is -0.538. The van der Waals surface area contributed by atoms with Gasteiger partial charge in [0.25, 0.3) is 5.56 Å². The second kappa shape index (κ2) is 8.52. The fourth-order valence-electron chi connectivity index (χ4n) is 4.61. The number of benzene rings is 2. The van der Waals surface area contributed by atoms with Crippen molar-refractivity contribution >= 4 is 46.4 Å². The summed E-state index contributed by atoms with van der Waals surface area (Å²) in [6, 6.07) is 12.1. The SMILES string of the molecule is COc1ccc(C2C3=C(CC(C)(C)CC3=O)N=c3sc(=Cc4ccc(Cl)cc4Cl)c(=O)n32)cc1. The third kappa shape index (κ3) is 4.04. The lowest BCUT2D eigenvalue weighted by Gasteiger charge is -2.35. The van der Waals surface area contributed by atoms with Crippen LogP contribution in [0.4, 0.5) is 0 Å².